The summed E-state index contributed by atoms with van der Waals surface area (Å²) in [5.41, 5.74) is 2.00. The van der Waals surface area contributed by atoms with Crippen LogP contribution in [0.5, 0.6) is 0 Å². The highest BCUT2D eigenvalue weighted by Gasteiger charge is 2.41. The number of hydrogen-bond donors (Lipinski definition) is 0. The number of carbonyl (C=O) groups is 1. The zero-order valence-electron chi connectivity index (χ0n) is 15.1. The van der Waals surface area contributed by atoms with Gasteiger partial charge in [0.05, 0.1) is 0 Å². The molecule has 2 aliphatic rings. The number of alkyl halides is 1. The fraction of sp³-hybridized carbons (Fsp3) is 0.850. The molecule has 0 aromatic carbocycles. The van der Waals surface area contributed by atoms with E-state index in [1.165, 1.54) is 44.9 Å². The highest BCUT2D eigenvalue weighted by Crippen LogP contribution is 2.53. The molecule has 1 fully saturated rings. The number of ketones is 1. The van der Waals surface area contributed by atoms with Gasteiger partial charge < -0.3 is 0 Å². The van der Waals surface area contributed by atoms with Crippen molar-refractivity contribution in [3.8, 4) is 0 Å². The second kappa shape index (κ2) is 6.57. The van der Waals surface area contributed by atoms with Crippen molar-refractivity contribution in [2.75, 3.05) is 0 Å². The molecule has 0 amide bonds. The summed E-state index contributed by atoms with van der Waals surface area (Å²) >= 11 is 2.66. The van der Waals surface area contributed by atoms with Crippen LogP contribution < -0.4 is 0 Å². The summed E-state index contributed by atoms with van der Waals surface area (Å²) in [6.07, 6.45) is 12.7. The molecule has 0 N–H and O–H groups in total. The van der Waals surface area contributed by atoms with Gasteiger partial charge in [-0.05, 0) is 56.8 Å². The molecule has 126 valence electrons. The lowest BCUT2D eigenvalue weighted by atomic mass is 9.60. The van der Waals surface area contributed by atoms with Crippen molar-refractivity contribution in [3.63, 3.8) is 0 Å². The standard InChI is InChI=1S/C20H33IO/c1-15(22)18(2,3)10-7-12-19(4)11-6-8-16-14-20(5,21)13-9-17(16)19/h9,16H,6-8,10-14H2,1-5H3/t16?,19-,20-/m0/s1. The number of rotatable bonds is 5. The molecule has 0 bridgehead atoms. The lowest BCUT2D eigenvalue weighted by Gasteiger charge is -2.47. The van der Waals surface area contributed by atoms with Gasteiger partial charge in [-0.2, -0.15) is 0 Å². The van der Waals surface area contributed by atoms with E-state index in [2.05, 4.69) is 56.4 Å². The van der Waals surface area contributed by atoms with Crippen molar-refractivity contribution in [2.24, 2.45) is 16.7 Å². The molecule has 1 unspecified atom stereocenters. The molecule has 0 aromatic rings. The molecule has 0 aromatic heterocycles. The molecular weight excluding hydrogens is 383 g/mol. The molecule has 2 aliphatic carbocycles. The Morgan fingerprint density at radius 2 is 2.09 bits per heavy atom. The maximum atomic E-state index is 11.7. The first kappa shape index (κ1) is 18.5. The number of Topliss-reactive ketones (excluding diaryl/α,β-unsaturated/α-hetero) is 1. The van der Waals surface area contributed by atoms with Crippen LogP contribution in [0.2, 0.25) is 0 Å². The van der Waals surface area contributed by atoms with Crippen LogP contribution in [-0.2, 0) is 4.79 Å². The van der Waals surface area contributed by atoms with Crippen molar-refractivity contribution in [1.82, 2.24) is 0 Å². The third-order valence-electron chi connectivity index (χ3n) is 6.32. The molecule has 1 nitrogen and oxygen atoms in total. The van der Waals surface area contributed by atoms with Gasteiger partial charge in [0.2, 0.25) is 0 Å². The van der Waals surface area contributed by atoms with Gasteiger partial charge in [-0.25, -0.2) is 0 Å². The van der Waals surface area contributed by atoms with Gasteiger partial charge in [-0.1, -0.05) is 74.8 Å². The predicted molar refractivity (Wildman–Crippen MR) is 104 cm³/mol. The number of hydrogen-bond acceptors (Lipinski definition) is 1. The van der Waals surface area contributed by atoms with Gasteiger partial charge in [-0.15, -0.1) is 0 Å². The SMILES string of the molecule is CC(=O)C(C)(C)CCC[C@]1(C)CCCC2C[C@@](C)(I)CC=C21. The van der Waals surface area contributed by atoms with Gasteiger partial charge in [0, 0.05) is 8.84 Å². The van der Waals surface area contributed by atoms with E-state index in [1.54, 1.807) is 12.5 Å². The number of carbonyl (C=O) groups excluding carboxylic acids is 1. The Morgan fingerprint density at radius 3 is 2.73 bits per heavy atom. The topological polar surface area (TPSA) is 17.1 Å². The Bertz CT molecular complexity index is 460. The van der Waals surface area contributed by atoms with Crippen LogP contribution in [0.4, 0.5) is 0 Å². The largest absolute Gasteiger partial charge is 0.299 e. The second-order valence-electron chi connectivity index (χ2n) is 8.92. The Hall–Kier alpha value is 0.140. The van der Waals surface area contributed by atoms with Gasteiger partial charge in [0.15, 0.2) is 0 Å². The van der Waals surface area contributed by atoms with E-state index in [-0.39, 0.29) is 5.41 Å². The minimum absolute atomic E-state index is 0.147. The van der Waals surface area contributed by atoms with Gasteiger partial charge in [-0.3, -0.25) is 4.79 Å². The van der Waals surface area contributed by atoms with Crippen LogP contribution in [0.3, 0.4) is 0 Å². The van der Waals surface area contributed by atoms with Crippen molar-refractivity contribution in [1.29, 1.82) is 0 Å². The number of halogens is 1. The van der Waals surface area contributed by atoms with Crippen LogP contribution in [-0.4, -0.2) is 9.20 Å². The van der Waals surface area contributed by atoms with Crippen molar-refractivity contribution in [2.45, 2.75) is 89.4 Å². The maximum Gasteiger partial charge on any atom is 0.135 e. The summed E-state index contributed by atoms with van der Waals surface area (Å²) in [6.45, 7) is 10.8. The van der Waals surface area contributed by atoms with Crippen molar-refractivity contribution >= 4 is 28.4 Å². The summed E-state index contributed by atoms with van der Waals surface area (Å²) in [5, 5.41) is 0. The fourth-order valence-electron chi connectivity index (χ4n) is 4.44. The number of fused-ring (bicyclic) bond motifs is 1. The third-order valence-corrected chi connectivity index (χ3v) is 7.20. The van der Waals surface area contributed by atoms with E-state index in [9.17, 15) is 4.79 Å². The van der Waals surface area contributed by atoms with Gasteiger partial charge in [0.25, 0.3) is 0 Å². The average Bonchev–Trinajstić information content (AvgIpc) is 2.36. The quantitative estimate of drug-likeness (QED) is 0.284. The van der Waals surface area contributed by atoms with E-state index in [4.69, 9.17) is 0 Å². The summed E-state index contributed by atoms with van der Waals surface area (Å²) < 4.78 is 0.459. The van der Waals surface area contributed by atoms with Crippen LogP contribution in [0, 0.1) is 16.7 Å². The van der Waals surface area contributed by atoms with E-state index in [0.29, 0.717) is 14.6 Å². The minimum atomic E-state index is -0.147. The van der Waals surface area contributed by atoms with E-state index >= 15 is 0 Å². The zero-order chi connectivity index (χ0) is 16.6. The van der Waals surface area contributed by atoms with Gasteiger partial charge in [0.1, 0.15) is 5.78 Å². The lowest BCUT2D eigenvalue weighted by Crippen LogP contribution is -2.36. The van der Waals surface area contributed by atoms with Crippen molar-refractivity contribution < 1.29 is 4.79 Å². The maximum absolute atomic E-state index is 11.7. The highest BCUT2D eigenvalue weighted by atomic mass is 127. The molecule has 0 heterocycles. The Morgan fingerprint density at radius 1 is 1.41 bits per heavy atom. The van der Waals surface area contributed by atoms with E-state index in [0.717, 1.165) is 12.3 Å². The smallest absolute Gasteiger partial charge is 0.135 e. The molecule has 0 spiro atoms. The van der Waals surface area contributed by atoms with Crippen LogP contribution in [0.15, 0.2) is 11.6 Å². The lowest BCUT2D eigenvalue weighted by molar-refractivity contribution is -0.125. The number of allylic oxidation sites excluding steroid dienone is 2. The normalized spacial score (nSPS) is 35.7. The first-order valence-corrected chi connectivity index (χ1v) is 10.0. The molecule has 2 rings (SSSR count). The third kappa shape index (κ3) is 4.15. The van der Waals surface area contributed by atoms with E-state index < -0.39 is 0 Å². The summed E-state index contributed by atoms with van der Waals surface area (Å²) in [4.78, 5) is 11.7. The average molecular weight is 416 g/mol. The molecule has 0 radical (unpaired) electrons. The molecule has 3 atom stereocenters. The minimum Gasteiger partial charge on any atom is -0.299 e. The highest BCUT2D eigenvalue weighted by molar-refractivity contribution is 14.1. The Kier molecular flexibility index (Phi) is 5.51. The fourth-order valence-corrected chi connectivity index (χ4v) is 5.19. The zero-order valence-corrected chi connectivity index (χ0v) is 17.3. The van der Waals surface area contributed by atoms with E-state index in [1.807, 2.05) is 0 Å². The Labute approximate surface area is 150 Å². The molecule has 0 saturated heterocycles. The first-order valence-electron chi connectivity index (χ1n) is 8.96. The van der Waals surface area contributed by atoms with Crippen molar-refractivity contribution in [3.05, 3.63) is 11.6 Å². The van der Waals surface area contributed by atoms with Crippen LogP contribution in [0.1, 0.15) is 86.0 Å². The molecule has 22 heavy (non-hydrogen) atoms. The summed E-state index contributed by atoms with van der Waals surface area (Å²) in [5.74, 6) is 1.15. The second-order valence-corrected chi connectivity index (χ2v) is 11.5. The van der Waals surface area contributed by atoms with Crippen LogP contribution in [0.25, 0.3) is 0 Å². The van der Waals surface area contributed by atoms with Gasteiger partial charge >= 0.3 is 0 Å². The molecule has 0 aliphatic heterocycles. The molecule has 2 heteroatoms. The molecular formula is C20H33IO. The first-order chi connectivity index (χ1) is 10.1. The monoisotopic (exact) mass is 416 g/mol. The molecule has 1 saturated carbocycles. The van der Waals surface area contributed by atoms with Crippen LogP contribution >= 0.6 is 22.6 Å². The summed E-state index contributed by atoms with van der Waals surface area (Å²) in [7, 11) is 0. The summed E-state index contributed by atoms with van der Waals surface area (Å²) in [6, 6.07) is 0. The predicted octanol–water partition coefficient (Wildman–Crippen LogP) is 6.49. The Balaban J connectivity index is 2.03.